The molecule has 1 unspecified atom stereocenters. The van der Waals surface area contributed by atoms with Crippen LogP contribution in [0.3, 0.4) is 0 Å². The van der Waals surface area contributed by atoms with Crippen molar-refractivity contribution >= 4 is 16.9 Å². The first kappa shape index (κ1) is 13.1. The van der Waals surface area contributed by atoms with Gasteiger partial charge in [0.1, 0.15) is 17.3 Å². The molecule has 0 aromatic carbocycles. The van der Waals surface area contributed by atoms with Crippen LogP contribution in [0.1, 0.15) is 42.4 Å². The molecule has 2 fully saturated rings. The van der Waals surface area contributed by atoms with Crippen molar-refractivity contribution in [3.8, 4) is 0 Å². The quantitative estimate of drug-likeness (QED) is 0.920. The van der Waals surface area contributed by atoms with Gasteiger partial charge < -0.3 is 10.3 Å². The van der Waals surface area contributed by atoms with Gasteiger partial charge in [-0.05, 0) is 45.6 Å². The molecule has 2 aliphatic rings. The molecule has 112 valence electrons. The summed E-state index contributed by atoms with van der Waals surface area (Å²) >= 11 is 0. The van der Waals surface area contributed by atoms with Gasteiger partial charge in [0.25, 0.3) is 0 Å². The number of nitrogens with zero attached hydrogens (tertiary/aromatic N) is 4. The third-order valence-electron chi connectivity index (χ3n) is 5.16. The maximum atomic E-state index is 6.15. The van der Waals surface area contributed by atoms with E-state index in [1.807, 2.05) is 6.92 Å². The second-order valence-corrected chi connectivity index (χ2v) is 6.60. The van der Waals surface area contributed by atoms with Crippen LogP contribution >= 0.6 is 0 Å². The van der Waals surface area contributed by atoms with Gasteiger partial charge in [-0.1, -0.05) is 0 Å². The highest BCUT2D eigenvalue weighted by molar-refractivity contribution is 5.91. The summed E-state index contributed by atoms with van der Waals surface area (Å²) in [5.41, 5.74) is 9.70. The number of nitrogen functional groups attached to an aromatic ring is 1. The number of likely N-dealkylation sites (tertiary alicyclic amines) is 1. The van der Waals surface area contributed by atoms with Crippen LogP contribution in [-0.4, -0.2) is 38.6 Å². The lowest BCUT2D eigenvalue weighted by Crippen LogP contribution is -2.24. The minimum absolute atomic E-state index is 0.524. The van der Waals surface area contributed by atoms with E-state index in [4.69, 9.17) is 10.7 Å². The number of aromatic nitrogens is 3. The molecule has 0 amide bonds. The highest BCUT2D eigenvalue weighted by Gasteiger charge is 2.36. The predicted molar refractivity (Wildman–Crippen MR) is 84.4 cm³/mol. The summed E-state index contributed by atoms with van der Waals surface area (Å²) in [6, 6.07) is 1.37. The van der Waals surface area contributed by atoms with E-state index >= 15 is 0 Å². The van der Waals surface area contributed by atoms with Gasteiger partial charge in [-0.25, -0.2) is 9.97 Å². The molecule has 0 spiro atoms. The lowest BCUT2D eigenvalue weighted by Gasteiger charge is -2.18. The maximum Gasteiger partial charge on any atom is 0.146 e. The first-order valence-electron chi connectivity index (χ1n) is 7.91. The Hall–Kier alpha value is -1.62. The number of fused-ring (bicyclic) bond motifs is 1. The van der Waals surface area contributed by atoms with Gasteiger partial charge >= 0.3 is 0 Å². The molecule has 1 saturated heterocycles. The highest BCUT2D eigenvalue weighted by atomic mass is 15.3. The molecular formula is C16H23N5. The van der Waals surface area contributed by atoms with Gasteiger partial charge in [0.15, 0.2) is 0 Å². The highest BCUT2D eigenvalue weighted by Crippen LogP contribution is 2.37. The average Bonchev–Trinajstić information content (AvgIpc) is 3.11. The van der Waals surface area contributed by atoms with Crippen molar-refractivity contribution in [2.24, 2.45) is 0 Å². The van der Waals surface area contributed by atoms with E-state index in [1.165, 1.54) is 37.1 Å². The first-order chi connectivity index (χ1) is 10.1. The van der Waals surface area contributed by atoms with E-state index in [2.05, 4.69) is 28.3 Å². The molecule has 4 rings (SSSR count). The van der Waals surface area contributed by atoms with E-state index in [1.54, 1.807) is 0 Å². The molecule has 2 N–H and O–H groups in total. The van der Waals surface area contributed by atoms with Gasteiger partial charge in [-0.2, -0.15) is 0 Å². The zero-order valence-electron chi connectivity index (χ0n) is 13.1. The summed E-state index contributed by atoms with van der Waals surface area (Å²) in [5.74, 6) is 1.38. The molecular weight excluding hydrogens is 262 g/mol. The minimum Gasteiger partial charge on any atom is -0.383 e. The molecule has 5 heteroatoms. The van der Waals surface area contributed by atoms with Crippen LogP contribution in [-0.2, 0) is 0 Å². The zero-order valence-corrected chi connectivity index (χ0v) is 13.1. The molecule has 1 saturated carbocycles. The van der Waals surface area contributed by atoms with Gasteiger partial charge in [0, 0.05) is 30.9 Å². The molecule has 3 heterocycles. The van der Waals surface area contributed by atoms with E-state index in [0.717, 1.165) is 29.4 Å². The largest absolute Gasteiger partial charge is 0.383 e. The van der Waals surface area contributed by atoms with Crippen molar-refractivity contribution in [2.75, 3.05) is 18.8 Å². The number of hydrogen-bond donors (Lipinski definition) is 1. The monoisotopic (exact) mass is 285 g/mol. The van der Waals surface area contributed by atoms with Crippen molar-refractivity contribution < 1.29 is 0 Å². The molecule has 2 aromatic heterocycles. The lowest BCUT2D eigenvalue weighted by atomic mass is 10.2. The molecule has 21 heavy (non-hydrogen) atoms. The van der Waals surface area contributed by atoms with E-state index in [0.29, 0.717) is 11.9 Å². The normalized spacial score (nSPS) is 23.3. The van der Waals surface area contributed by atoms with E-state index in [-0.39, 0.29) is 0 Å². The number of aryl methyl sites for hydroxylation is 2. The molecule has 1 aliphatic carbocycles. The second-order valence-electron chi connectivity index (χ2n) is 6.60. The van der Waals surface area contributed by atoms with Crippen LogP contribution in [0.4, 0.5) is 5.82 Å². The summed E-state index contributed by atoms with van der Waals surface area (Å²) in [6.07, 6.45) is 3.97. The van der Waals surface area contributed by atoms with Gasteiger partial charge in [-0.15, -0.1) is 0 Å². The van der Waals surface area contributed by atoms with Crippen molar-refractivity contribution in [1.29, 1.82) is 0 Å². The Morgan fingerprint density at radius 2 is 1.81 bits per heavy atom. The molecule has 5 nitrogen and oxygen atoms in total. The first-order valence-corrected chi connectivity index (χ1v) is 7.91. The summed E-state index contributed by atoms with van der Waals surface area (Å²) < 4.78 is 2.41. The van der Waals surface area contributed by atoms with Crippen LogP contribution in [0.5, 0.6) is 0 Å². The fraction of sp³-hybridized carbons (Fsp3) is 0.625. The fourth-order valence-electron chi connectivity index (χ4n) is 3.83. The van der Waals surface area contributed by atoms with E-state index < -0.39 is 0 Å². The predicted octanol–water partition coefficient (Wildman–Crippen LogP) is 2.35. The Balaban J connectivity index is 1.82. The standard InChI is InChI=1S/C16H23N5/c1-9-10(2)21(13-6-7-20(8-13)12-4-5-12)16-14(9)15(17)18-11(3)19-16/h12-13H,4-8H2,1-3H3,(H2,17,18,19). The Morgan fingerprint density at radius 3 is 2.52 bits per heavy atom. The summed E-state index contributed by atoms with van der Waals surface area (Å²) in [7, 11) is 0. The number of hydrogen-bond acceptors (Lipinski definition) is 4. The van der Waals surface area contributed by atoms with E-state index in [9.17, 15) is 0 Å². The summed E-state index contributed by atoms with van der Waals surface area (Å²) in [5, 5.41) is 1.04. The Labute approximate surface area is 125 Å². The number of nitrogens with two attached hydrogens (primary N) is 1. The third-order valence-corrected chi connectivity index (χ3v) is 5.16. The van der Waals surface area contributed by atoms with Crippen molar-refractivity contribution in [2.45, 2.75) is 52.1 Å². The Morgan fingerprint density at radius 1 is 1.05 bits per heavy atom. The molecule has 0 bridgehead atoms. The van der Waals surface area contributed by atoms with Gasteiger partial charge in [0.2, 0.25) is 0 Å². The van der Waals surface area contributed by atoms with Crippen LogP contribution in [0.15, 0.2) is 0 Å². The van der Waals surface area contributed by atoms with Crippen LogP contribution in [0.2, 0.25) is 0 Å². The third kappa shape index (κ3) is 1.94. The molecule has 1 aliphatic heterocycles. The fourth-order valence-corrected chi connectivity index (χ4v) is 3.83. The van der Waals surface area contributed by atoms with Crippen LogP contribution < -0.4 is 5.73 Å². The topological polar surface area (TPSA) is 60.0 Å². The van der Waals surface area contributed by atoms with Crippen LogP contribution in [0.25, 0.3) is 11.0 Å². The van der Waals surface area contributed by atoms with Crippen molar-refractivity contribution in [3.63, 3.8) is 0 Å². The lowest BCUT2D eigenvalue weighted by molar-refractivity contribution is 0.314. The molecule has 2 aromatic rings. The van der Waals surface area contributed by atoms with Gasteiger partial charge in [-0.3, -0.25) is 4.90 Å². The minimum atomic E-state index is 0.524. The summed E-state index contributed by atoms with van der Waals surface area (Å²) in [6.45, 7) is 8.61. The average molecular weight is 285 g/mol. The van der Waals surface area contributed by atoms with Gasteiger partial charge in [0.05, 0.1) is 5.39 Å². The number of anilines is 1. The van der Waals surface area contributed by atoms with Crippen molar-refractivity contribution in [1.82, 2.24) is 19.4 Å². The maximum absolute atomic E-state index is 6.15. The summed E-state index contributed by atoms with van der Waals surface area (Å²) in [4.78, 5) is 11.7. The molecule has 0 radical (unpaired) electrons. The van der Waals surface area contributed by atoms with Crippen LogP contribution in [0, 0.1) is 20.8 Å². The molecule has 1 atom stereocenters. The SMILES string of the molecule is Cc1nc(N)c2c(C)c(C)n(C3CCN(C4CC4)C3)c2n1. The second kappa shape index (κ2) is 4.44. The zero-order chi connectivity index (χ0) is 14.7. The Kier molecular flexibility index (Phi) is 2.76. The Bertz CT molecular complexity index is 713. The van der Waals surface area contributed by atoms with Crippen molar-refractivity contribution in [3.05, 3.63) is 17.1 Å². The smallest absolute Gasteiger partial charge is 0.146 e. The number of rotatable bonds is 2.